The first-order chi connectivity index (χ1) is 13.8. The van der Waals surface area contributed by atoms with Gasteiger partial charge in [-0.15, -0.1) is 0 Å². The average molecular weight is 415 g/mol. The van der Waals surface area contributed by atoms with Gasteiger partial charge in [-0.2, -0.15) is 5.26 Å². The van der Waals surface area contributed by atoms with Gasteiger partial charge in [0.25, 0.3) is 0 Å². The van der Waals surface area contributed by atoms with Crippen LogP contribution in [-0.4, -0.2) is 41.3 Å². The molecule has 1 aliphatic rings. The first-order valence-electron chi connectivity index (χ1n) is 10.5. The van der Waals surface area contributed by atoms with E-state index in [1.807, 2.05) is 66.7 Å². The highest BCUT2D eigenvalue weighted by Crippen LogP contribution is 2.31. The van der Waals surface area contributed by atoms with Crippen molar-refractivity contribution >= 4 is 12.1 Å². The fourth-order valence-electron chi connectivity index (χ4n) is 3.73. The third-order valence-corrected chi connectivity index (χ3v) is 4.88. The normalized spacial score (nSPS) is 17.9. The van der Waals surface area contributed by atoms with Gasteiger partial charge in [0, 0.05) is 13.1 Å². The smallest absolute Gasteiger partial charge is 0.410 e. The van der Waals surface area contributed by atoms with Crippen LogP contribution in [0.5, 0.6) is 0 Å². The van der Waals surface area contributed by atoms with Crippen LogP contribution in [0.2, 0.25) is 0 Å². The van der Waals surface area contributed by atoms with Gasteiger partial charge in [-0.3, -0.25) is 4.79 Å². The van der Waals surface area contributed by atoms with E-state index in [0.29, 0.717) is 31.5 Å². The molecule has 2 rings (SSSR count). The fraction of sp³-hybridized carbons (Fsp3) is 0.625. The predicted octanol–water partition coefficient (Wildman–Crippen LogP) is 4.62. The van der Waals surface area contributed by atoms with Gasteiger partial charge < -0.3 is 14.4 Å². The molecule has 30 heavy (non-hydrogen) atoms. The van der Waals surface area contributed by atoms with Crippen LogP contribution in [0, 0.1) is 30.1 Å². The highest BCUT2D eigenvalue weighted by Gasteiger charge is 2.39. The molecule has 1 aromatic carbocycles. The highest BCUT2D eigenvalue weighted by atomic mass is 16.6. The molecule has 1 heterocycles. The summed E-state index contributed by atoms with van der Waals surface area (Å²) in [4.78, 5) is 27.2. The molecule has 1 amide bonds. The molecule has 0 spiro atoms. The Bertz CT molecular complexity index is 827. The Balaban J connectivity index is 2.23. The van der Waals surface area contributed by atoms with Crippen LogP contribution in [0.4, 0.5) is 4.79 Å². The third-order valence-electron chi connectivity index (χ3n) is 4.88. The van der Waals surface area contributed by atoms with E-state index in [1.165, 1.54) is 0 Å². The number of carbonyl (C=O) groups is 2. The first kappa shape index (κ1) is 23.7. The van der Waals surface area contributed by atoms with Gasteiger partial charge in [0.2, 0.25) is 0 Å². The molecular formula is C24H34N2O4. The summed E-state index contributed by atoms with van der Waals surface area (Å²) in [6.45, 7) is 14.0. The van der Waals surface area contributed by atoms with E-state index in [2.05, 4.69) is 6.07 Å². The third kappa shape index (κ3) is 7.05. The van der Waals surface area contributed by atoms with Crippen molar-refractivity contribution in [3.05, 3.63) is 34.9 Å². The van der Waals surface area contributed by atoms with Gasteiger partial charge in [-0.25, -0.2) is 4.79 Å². The molecule has 0 N–H and O–H groups in total. The molecule has 0 aromatic heterocycles. The topological polar surface area (TPSA) is 79.6 Å². The van der Waals surface area contributed by atoms with Crippen LogP contribution in [0.1, 0.15) is 64.7 Å². The maximum Gasteiger partial charge on any atom is 0.410 e. The molecule has 6 heteroatoms. The largest absolute Gasteiger partial charge is 0.460 e. The minimum atomic E-state index is -0.594. The molecule has 0 unspecified atom stereocenters. The maximum atomic E-state index is 13.1. The highest BCUT2D eigenvalue weighted by molar-refractivity contribution is 5.74. The van der Waals surface area contributed by atoms with Crippen molar-refractivity contribution in [2.75, 3.05) is 13.1 Å². The zero-order valence-corrected chi connectivity index (χ0v) is 19.2. The number of esters is 1. The number of likely N-dealkylation sites (tertiary alicyclic amines) is 1. The maximum absolute atomic E-state index is 13.1. The number of hydrogen-bond acceptors (Lipinski definition) is 5. The van der Waals surface area contributed by atoms with E-state index in [9.17, 15) is 14.9 Å². The summed E-state index contributed by atoms with van der Waals surface area (Å²) in [5.41, 5.74) is 1.33. The Hall–Kier alpha value is -2.55. The van der Waals surface area contributed by atoms with Gasteiger partial charge in [-0.1, -0.05) is 6.07 Å². The quantitative estimate of drug-likeness (QED) is 0.672. The molecule has 1 aliphatic heterocycles. The summed E-state index contributed by atoms with van der Waals surface area (Å²) in [6.07, 6.45) is 0.827. The van der Waals surface area contributed by atoms with Gasteiger partial charge in [0.05, 0.1) is 17.6 Å². The van der Waals surface area contributed by atoms with Gasteiger partial charge >= 0.3 is 12.1 Å². The lowest BCUT2D eigenvalue weighted by Crippen LogP contribution is -2.38. The zero-order valence-electron chi connectivity index (χ0n) is 19.2. The Kier molecular flexibility index (Phi) is 7.18. The van der Waals surface area contributed by atoms with Crippen molar-refractivity contribution in [3.63, 3.8) is 0 Å². The summed E-state index contributed by atoms with van der Waals surface area (Å²) < 4.78 is 11.2. The Labute approximate surface area is 180 Å². The van der Waals surface area contributed by atoms with Crippen LogP contribution in [0.3, 0.4) is 0 Å². The predicted molar refractivity (Wildman–Crippen MR) is 115 cm³/mol. The van der Waals surface area contributed by atoms with Gasteiger partial charge in [0.15, 0.2) is 0 Å². The summed E-state index contributed by atoms with van der Waals surface area (Å²) in [5.74, 6) is -0.693. The van der Waals surface area contributed by atoms with Crippen LogP contribution in [0.15, 0.2) is 18.2 Å². The Morgan fingerprint density at radius 2 is 1.77 bits per heavy atom. The molecule has 1 saturated heterocycles. The van der Waals surface area contributed by atoms with Crippen LogP contribution in [-0.2, 0) is 20.7 Å². The number of nitrogens with zero attached hydrogens (tertiary/aromatic N) is 2. The lowest BCUT2D eigenvalue weighted by molar-refractivity contribution is -0.161. The van der Waals surface area contributed by atoms with Crippen LogP contribution >= 0.6 is 0 Å². The number of rotatable bonds is 4. The van der Waals surface area contributed by atoms with Crippen LogP contribution in [0.25, 0.3) is 0 Å². The second kappa shape index (κ2) is 9.07. The van der Waals surface area contributed by atoms with Crippen molar-refractivity contribution in [2.45, 2.75) is 72.5 Å². The molecular weight excluding hydrogens is 380 g/mol. The molecule has 0 aliphatic carbocycles. The number of benzene rings is 1. The summed E-state index contributed by atoms with van der Waals surface area (Å²) in [7, 11) is 0. The van der Waals surface area contributed by atoms with Crippen molar-refractivity contribution in [3.8, 4) is 6.07 Å². The van der Waals surface area contributed by atoms with Gasteiger partial charge in [0.1, 0.15) is 11.2 Å². The van der Waals surface area contributed by atoms with E-state index < -0.39 is 17.1 Å². The molecule has 0 bridgehead atoms. The van der Waals surface area contributed by atoms with E-state index >= 15 is 0 Å². The monoisotopic (exact) mass is 414 g/mol. The summed E-state index contributed by atoms with van der Waals surface area (Å²) in [6, 6.07) is 7.82. The number of nitriles is 1. The van der Waals surface area contributed by atoms with E-state index in [-0.39, 0.29) is 18.0 Å². The van der Waals surface area contributed by atoms with E-state index in [1.54, 1.807) is 4.90 Å². The van der Waals surface area contributed by atoms with Crippen LogP contribution < -0.4 is 0 Å². The number of amides is 1. The minimum absolute atomic E-state index is 0.0292. The molecule has 1 aromatic rings. The SMILES string of the molecule is Cc1cc(C#N)cc(C[C@H](C(=O)OC(C)(C)C)[C@H]2CCN(C(=O)OC(C)(C)C)C2)c1. The zero-order chi connectivity index (χ0) is 22.7. The van der Waals surface area contributed by atoms with Gasteiger partial charge in [-0.05, 0) is 90.5 Å². The average Bonchev–Trinajstić information content (AvgIpc) is 3.06. The standard InChI is InChI=1S/C24H34N2O4/c1-16-10-17(12-18(11-16)14-25)13-20(21(27)29-23(2,3)4)19-8-9-26(15-19)22(28)30-24(5,6)7/h10-12,19-20H,8-9,13,15H2,1-7H3/t19-,20-/m0/s1. The fourth-order valence-corrected chi connectivity index (χ4v) is 3.73. The van der Waals surface area contributed by atoms with E-state index in [4.69, 9.17) is 9.47 Å². The molecule has 0 radical (unpaired) electrons. The van der Waals surface area contributed by atoms with Crippen molar-refractivity contribution < 1.29 is 19.1 Å². The molecule has 1 fully saturated rings. The number of aryl methyl sites for hydroxylation is 1. The Morgan fingerprint density at radius 1 is 1.13 bits per heavy atom. The summed E-state index contributed by atoms with van der Waals surface area (Å²) >= 11 is 0. The molecule has 0 saturated carbocycles. The second-order valence-corrected chi connectivity index (χ2v) is 10.1. The van der Waals surface area contributed by atoms with E-state index in [0.717, 1.165) is 11.1 Å². The molecule has 2 atom stereocenters. The first-order valence-corrected chi connectivity index (χ1v) is 10.5. The van der Waals surface area contributed by atoms with Crippen molar-refractivity contribution in [1.82, 2.24) is 4.90 Å². The molecule has 6 nitrogen and oxygen atoms in total. The lowest BCUT2D eigenvalue weighted by Gasteiger charge is -2.28. The van der Waals surface area contributed by atoms with Crippen molar-refractivity contribution in [2.24, 2.45) is 11.8 Å². The number of ether oxygens (including phenoxy) is 2. The lowest BCUT2D eigenvalue weighted by atomic mass is 9.85. The number of hydrogen-bond donors (Lipinski definition) is 0. The van der Waals surface area contributed by atoms with Crippen molar-refractivity contribution in [1.29, 1.82) is 5.26 Å². The number of carbonyl (C=O) groups excluding carboxylic acids is 2. The molecule has 164 valence electrons. The Morgan fingerprint density at radius 3 is 2.33 bits per heavy atom. The second-order valence-electron chi connectivity index (χ2n) is 10.1. The summed E-state index contributed by atoms with van der Waals surface area (Å²) in [5, 5.41) is 9.28. The minimum Gasteiger partial charge on any atom is -0.460 e.